The maximum atomic E-state index is 12.6. The Labute approximate surface area is 163 Å². The van der Waals surface area contributed by atoms with Crippen LogP contribution in [-0.2, 0) is 0 Å². The van der Waals surface area contributed by atoms with Crippen molar-refractivity contribution >= 4 is 40.6 Å². The second-order valence-corrected chi connectivity index (χ2v) is 7.71. The molecule has 0 saturated heterocycles. The third-order valence-electron chi connectivity index (χ3n) is 4.23. The summed E-state index contributed by atoms with van der Waals surface area (Å²) in [7, 11) is 0. The summed E-state index contributed by atoms with van der Waals surface area (Å²) in [6.45, 7) is 4.92. The summed E-state index contributed by atoms with van der Waals surface area (Å²) in [5.74, 6) is 0.712. The lowest BCUT2D eigenvalue weighted by atomic mass is 9.90. The SMILES string of the molecule is CC(C)CC1CN(C(=O)Nc2ccc(Cl)cc2)N=C1c1ccc(Cl)cc1. The number of hydrazone groups is 1. The Morgan fingerprint density at radius 1 is 1.12 bits per heavy atom. The normalized spacial score (nSPS) is 16.7. The van der Waals surface area contributed by atoms with Gasteiger partial charge in [-0.1, -0.05) is 49.2 Å². The van der Waals surface area contributed by atoms with E-state index in [-0.39, 0.29) is 11.9 Å². The van der Waals surface area contributed by atoms with Crippen LogP contribution in [0.2, 0.25) is 10.0 Å². The minimum Gasteiger partial charge on any atom is -0.306 e. The Hall–Kier alpha value is -2.04. The van der Waals surface area contributed by atoms with Gasteiger partial charge in [0.25, 0.3) is 0 Å². The Morgan fingerprint density at radius 2 is 1.69 bits per heavy atom. The fourth-order valence-corrected chi connectivity index (χ4v) is 3.32. The molecule has 0 bridgehead atoms. The van der Waals surface area contributed by atoms with Crippen LogP contribution in [0.1, 0.15) is 25.8 Å². The van der Waals surface area contributed by atoms with Gasteiger partial charge in [0, 0.05) is 21.7 Å². The number of urea groups is 1. The van der Waals surface area contributed by atoms with Crippen molar-refractivity contribution in [2.45, 2.75) is 20.3 Å². The van der Waals surface area contributed by atoms with E-state index in [1.54, 1.807) is 24.3 Å². The first-order chi connectivity index (χ1) is 12.4. The molecule has 1 unspecified atom stereocenters. The molecular formula is C20H21Cl2N3O. The minimum absolute atomic E-state index is 0.201. The van der Waals surface area contributed by atoms with Crippen molar-refractivity contribution in [3.8, 4) is 0 Å². The number of nitrogens with one attached hydrogen (secondary N) is 1. The van der Waals surface area contributed by atoms with Crippen LogP contribution in [0.5, 0.6) is 0 Å². The van der Waals surface area contributed by atoms with Gasteiger partial charge in [-0.15, -0.1) is 0 Å². The van der Waals surface area contributed by atoms with Crippen molar-refractivity contribution in [3.63, 3.8) is 0 Å². The molecule has 26 heavy (non-hydrogen) atoms. The van der Waals surface area contributed by atoms with Crippen LogP contribution in [0.4, 0.5) is 10.5 Å². The Bertz CT molecular complexity index is 801. The first-order valence-electron chi connectivity index (χ1n) is 8.61. The summed E-state index contributed by atoms with van der Waals surface area (Å²) in [5, 5.41) is 10.3. The molecule has 0 aliphatic carbocycles. The maximum absolute atomic E-state index is 12.6. The number of hydrogen-bond donors (Lipinski definition) is 1. The van der Waals surface area contributed by atoms with Gasteiger partial charge in [0.05, 0.1) is 12.3 Å². The van der Waals surface area contributed by atoms with E-state index < -0.39 is 0 Å². The molecule has 0 spiro atoms. The van der Waals surface area contributed by atoms with Crippen molar-refractivity contribution in [1.29, 1.82) is 0 Å². The summed E-state index contributed by atoms with van der Waals surface area (Å²) in [4.78, 5) is 12.6. The van der Waals surface area contributed by atoms with Crippen LogP contribution in [-0.4, -0.2) is 23.3 Å². The van der Waals surface area contributed by atoms with Crippen LogP contribution < -0.4 is 5.32 Å². The highest BCUT2D eigenvalue weighted by atomic mass is 35.5. The van der Waals surface area contributed by atoms with Gasteiger partial charge in [-0.3, -0.25) is 0 Å². The minimum atomic E-state index is -0.245. The molecule has 136 valence electrons. The van der Waals surface area contributed by atoms with Crippen LogP contribution in [0, 0.1) is 11.8 Å². The molecule has 4 nitrogen and oxygen atoms in total. The fraction of sp³-hybridized carbons (Fsp3) is 0.300. The molecule has 0 fully saturated rings. The van der Waals surface area contributed by atoms with Crippen molar-refractivity contribution in [2.24, 2.45) is 16.9 Å². The summed E-state index contributed by atoms with van der Waals surface area (Å²) in [6, 6.07) is 14.4. The topological polar surface area (TPSA) is 44.7 Å². The van der Waals surface area contributed by atoms with Gasteiger partial charge in [0.15, 0.2) is 0 Å². The number of anilines is 1. The average molecular weight is 390 g/mol. The Balaban J connectivity index is 1.80. The van der Waals surface area contributed by atoms with E-state index in [1.807, 2.05) is 24.3 Å². The zero-order valence-corrected chi connectivity index (χ0v) is 16.3. The van der Waals surface area contributed by atoms with E-state index in [1.165, 1.54) is 5.01 Å². The largest absolute Gasteiger partial charge is 0.342 e. The number of amides is 2. The summed E-state index contributed by atoms with van der Waals surface area (Å²) in [5.41, 5.74) is 2.62. The number of hydrogen-bond acceptors (Lipinski definition) is 2. The highest BCUT2D eigenvalue weighted by molar-refractivity contribution is 6.31. The first-order valence-corrected chi connectivity index (χ1v) is 9.36. The number of benzene rings is 2. The van der Waals surface area contributed by atoms with E-state index in [2.05, 4.69) is 24.3 Å². The third-order valence-corrected chi connectivity index (χ3v) is 4.74. The number of rotatable bonds is 4. The van der Waals surface area contributed by atoms with Gasteiger partial charge in [0.1, 0.15) is 0 Å². The lowest BCUT2D eigenvalue weighted by molar-refractivity contribution is 0.214. The number of carbonyl (C=O) groups excluding carboxylic acids is 1. The number of nitrogens with zero attached hydrogens (tertiary/aromatic N) is 2. The van der Waals surface area contributed by atoms with Crippen LogP contribution >= 0.6 is 23.2 Å². The Morgan fingerprint density at radius 3 is 2.27 bits per heavy atom. The zero-order chi connectivity index (χ0) is 18.7. The molecule has 2 aromatic rings. The third kappa shape index (κ3) is 4.57. The molecule has 1 atom stereocenters. The van der Waals surface area contributed by atoms with E-state index in [4.69, 9.17) is 23.2 Å². The lowest BCUT2D eigenvalue weighted by Crippen LogP contribution is -2.31. The van der Waals surface area contributed by atoms with Crippen LogP contribution in [0.3, 0.4) is 0 Å². The van der Waals surface area contributed by atoms with Crippen molar-refractivity contribution in [2.75, 3.05) is 11.9 Å². The summed E-state index contributed by atoms with van der Waals surface area (Å²) < 4.78 is 0. The molecule has 1 aliphatic rings. The van der Waals surface area contributed by atoms with Gasteiger partial charge in [0.2, 0.25) is 0 Å². The monoisotopic (exact) mass is 389 g/mol. The second kappa shape index (κ2) is 8.11. The van der Waals surface area contributed by atoms with E-state index in [0.717, 1.165) is 17.7 Å². The highest BCUT2D eigenvalue weighted by Gasteiger charge is 2.31. The van der Waals surface area contributed by atoms with Gasteiger partial charge in [-0.05, 0) is 54.3 Å². The predicted octanol–water partition coefficient (Wildman–Crippen LogP) is 5.91. The van der Waals surface area contributed by atoms with Gasteiger partial charge >= 0.3 is 6.03 Å². The number of carbonyl (C=O) groups is 1. The average Bonchev–Trinajstić information content (AvgIpc) is 3.01. The van der Waals surface area contributed by atoms with Crippen LogP contribution in [0.25, 0.3) is 0 Å². The molecule has 1 heterocycles. The number of halogens is 2. The maximum Gasteiger partial charge on any atom is 0.342 e. The van der Waals surface area contributed by atoms with Crippen molar-refractivity contribution in [3.05, 3.63) is 64.1 Å². The second-order valence-electron chi connectivity index (χ2n) is 6.84. The van der Waals surface area contributed by atoms with E-state index >= 15 is 0 Å². The summed E-state index contributed by atoms with van der Waals surface area (Å²) in [6.07, 6.45) is 0.964. The lowest BCUT2D eigenvalue weighted by Gasteiger charge is -2.17. The van der Waals surface area contributed by atoms with E-state index in [9.17, 15) is 4.79 Å². The fourth-order valence-electron chi connectivity index (χ4n) is 3.07. The van der Waals surface area contributed by atoms with E-state index in [0.29, 0.717) is 28.2 Å². The molecule has 0 saturated carbocycles. The Kier molecular flexibility index (Phi) is 5.84. The zero-order valence-electron chi connectivity index (χ0n) is 14.7. The molecular weight excluding hydrogens is 369 g/mol. The quantitative estimate of drug-likeness (QED) is 0.693. The molecule has 3 rings (SSSR count). The highest BCUT2D eigenvalue weighted by Crippen LogP contribution is 2.27. The van der Waals surface area contributed by atoms with Crippen molar-refractivity contribution < 1.29 is 4.79 Å². The molecule has 0 aromatic heterocycles. The first kappa shape index (κ1) is 18.7. The molecule has 6 heteroatoms. The molecule has 2 aromatic carbocycles. The smallest absolute Gasteiger partial charge is 0.306 e. The van der Waals surface area contributed by atoms with Gasteiger partial charge in [-0.25, -0.2) is 9.80 Å². The summed E-state index contributed by atoms with van der Waals surface area (Å²) >= 11 is 11.9. The van der Waals surface area contributed by atoms with Crippen molar-refractivity contribution in [1.82, 2.24) is 5.01 Å². The van der Waals surface area contributed by atoms with Crippen LogP contribution in [0.15, 0.2) is 53.6 Å². The van der Waals surface area contributed by atoms with Gasteiger partial charge in [-0.2, -0.15) is 5.10 Å². The molecule has 1 N–H and O–H groups in total. The standard InChI is InChI=1S/C20H21Cl2N3O/c1-13(2)11-15-12-25(20(26)23-18-9-7-17(22)8-10-18)24-19(15)14-3-5-16(21)6-4-14/h3-10,13,15H,11-12H2,1-2H3,(H,23,26). The molecule has 1 aliphatic heterocycles. The van der Waals surface area contributed by atoms with Gasteiger partial charge < -0.3 is 5.32 Å². The molecule has 2 amide bonds. The predicted molar refractivity (Wildman–Crippen MR) is 108 cm³/mol. The molecule has 0 radical (unpaired) electrons.